The number of carbonyl (C=O) groups is 3. The molecule has 1 saturated carbocycles. The van der Waals surface area contributed by atoms with Gasteiger partial charge in [0.25, 0.3) is 0 Å². The number of aromatic nitrogens is 2. The summed E-state index contributed by atoms with van der Waals surface area (Å²) in [4.78, 5) is 50.0. The first-order valence-electron chi connectivity index (χ1n) is 13.8. The second-order valence-corrected chi connectivity index (χ2v) is 11.4. The highest BCUT2D eigenvalue weighted by atomic mass is 35.5. The summed E-state index contributed by atoms with van der Waals surface area (Å²) in [6.07, 6.45) is 4.94. The molecule has 1 fully saturated rings. The van der Waals surface area contributed by atoms with Crippen molar-refractivity contribution in [3.63, 3.8) is 0 Å². The molecule has 0 aliphatic heterocycles. The number of benzene rings is 2. The molecule has 1 aliphatic carbocycles. The third-order valence-electron chi connectivity index (χ3n) is 7.52. The number of hydrogen-bond donors (Lipinski definition) is 1. The third-order valence-corrected chi connectivity index (χ3v) is 8.61. The van der Waals surface area contributed by atoms with E-state index in [0.29, 0.717) is 32.4 Å². The van der Waals surface area contributed by atoms with E-state index in [2.05, 4.69) is 9.97 Å². The Balaban J connectivity index is 1.57. The Morgan fingerprint density at radius 1 is 1.10 bits per heavy atom. The summed E-state index contributed by atoms with van der Waals surface area (Å²) in [6, 6.07) is 10.3. The van der Waals surface area contributed by atoms with Crippen molar-refractivity contribution < 1.29 is 23.9 Å². The van der Waals surface area contributed by atoms with Crippen molar-refractivity contribution in [3.8, 4) is 5.75 Å². The number of hydrogen-bond acceptors (Lipinski definition) is 7. The summed E-state index contributed by atoms with van der Waals surface area (Å²) in [5, 5.41) is 3.32. The third kappa shape index (κ3) is 5.87. The van der Waals surface area contributed by atoms with Crippen molar-refractivity contribution >= 4 is 56.6 Å². The van der Waals surface area contributed by atoms with Crippen LogP contribution >= 0.6 is 22.9 Å². The maximum absolute atomic E-state index is 14.2. The zero-order valence-corrected chi connectivity index (χ0v) is 24.9. The minimum absolute atomic E-state index is 0.0207. The van der Waals surface area contributed by atoms with Crippen LogP contribution in [-0.2, 0) is 16.0 Å². The number of anilines is 1. The SMILES string of the molecule is CCOC(=O)c1csc(N(C(=O)Cc2c(C)[nH]c3ccc(OC)c(C(=O)c4ccc(Cl)cc4)c23)C2CCCCC2)n1. The zero-order valence-electron chi connectivity index (χ0n) is 23.3. The average Bonchev–Trinajstić information content (AvgIpc) is 3.58. The molecule has 0 spiro atoms. The second kappa shape index (κ2) is 12.4. The lowest BCUT2D eigenvalue weighted by Gasteiger charge is -2.32. The molecular formula is C31H32ClN3O5S. The molecule has 8 nitrogen and oxygen atoms in total. The van der Waals surface area contributed by atoms with Crippen molar-refractivity contribution in [2.75, 3.05) is 18.6 Å². The summed E-state index contributed by atoms with van der Waals surface area (Å²) in [5.74, 6) is -0.442. The largest absolute Gasteiger partial charge is 0.496 e. The van der Waals surface area contributed by atoms with Gasteiger partial charge >= 0.3 is 5.97 Å². The molecule has 5 rings (SSSR count). The standard InChI is InChI=1S/C31H32ClN3O5S/c1-4-40-30(38)24-17-41-31(34-24)35(21-8-6-5-7-9-21)26(36)16-22-18(2)33-23-14-15-25(39-3)28(27(22)23)29(37)19-10-12-20(32)13-11-19/h10-15,17,21,33H,4-9,16H2,1-3H3. The smallest absolute Gasteiger partial charge is 0.357 e. The molecule has 2 aromatic carbocycles. The Labute approximate surface area is 247 Å². The van der Waals surface area contributed by atoms with Crippen molar-refractivity contribution in [1.82, 2.24) is 9.97 Å². The van der Waals surface area contributed by atoms with E-state index < -0.39 is 5.97 Å². The Kier molecular flexibility index (Phi) is 8.75. The van der Waals surface area contributed by atoms with Gasteiger partial charge in [0.1, 0.15) is 5.75 Å². The molecule has 10 heteroatoms. The Morgan fingerprint density at radius 3 is 2.51 bits per heavy atom. The lowest BCUT2D eigenvalue weighted by atomic mass is 9.93. The number of halogens is 1. The maximum Gasteiger partial charge on any atom is 0.357 e. The predicted molar refractivity (Wildman–Crippen MR) is 161 cm³/mol. The molecular weight excluding hydrogens is 562 g/mol. The highest BCUT2D eigenvalue weighted by Crippen LogP contribution is 2.36. The molecule has 214 valence electrons. The predicted octanol–water partition coefficient (Wildman–Crippen LogP) is 6.91. The van der Waals surface area contributed by atoms with Gasteiger partial charge in [0, 0.05) is 38.6 Å². The molecule has 1 amide bonds. The molecule has 0 saturated heterocycles. The van der Waals surface area contributed by atoms with Gasteiger partial charge in [-0.1, -0.05) is 30.9 Å². The van der Waals surface area contributed by atoms with Crippen LogP contribution in [0.3, 0.4) is 0 Å². The molecule has 4 aromatic rings. The zero-order chi connectivity index (χ0) is 29.1. The first-order chi connectivity index (χ1) is 19.8. The number of H-pyrrole nitrogens is 1. The van der Waals surface area contributed by atoms with Crippen LogP contribution in [0.5, 0.6) is 5.75 Å². The number of esters is 1. The first-order valence-corrected chi connectivity index (χ1v) is 15.0. The second-order valence-electron chi connectivity index (χ2n) is 10.1. The van der Waals surface area contributed by atoms with Crippen molar-refractivity contribution in [1.29, 1.82) is 0 Å². The topological polar surface area (TPSA) is 102 Å². The number of aryl methyl sites for hydroxylation is 1. The van der Waals surface area contributed by atoms with Gasteiger partial charge in [-0.25, -0.2) is 9.78 Å². The lowest BCUT2D eigenvalue weighted by molar-refractivity contribution is -0.118. The summed E-state index contributed by atoms with van der Waals surface area (Å²) in [5.41, 5.74) is 3.32. The number of nitrogens with one attached hydrogen (secondary N) is 1. The molecule has 1 N–H and O–H groups in total. The van der Waals surface area contributed by atoms with Gasteiger partial charge in [-0.15, -0.1) is 11.3 Å². The minimum atomic E-state index is -0.504. The normalized spacial score (nSPS) is 13.8. The molecule has 0 unspecified atom stereocenters. The summed E-state index contributed by atoms with van der Waals surface area (Å²) in [6.45, 7) is 3.89. The minimum Gasteiger partial charge on any atom is -0.496 e. The summed E-state index contributed by atoms with van der Waals surface area (Å²) in [7, 11) is 1.53. The number of aromatic amines is 1. The van der Waals surface area contributed by atoms with Crippen LogP contribution in [0.1, 0.15) is 76.7 Å². The molecule has 0 radical (unpaired) electrons. The van der Waals surface area contributed by atoms with E-state index in [1.807, 2.05) is 13.0 Å². The number of rotatable bonds is 9. The molecule has 1 aliphatic rings. The van der Waals surface area contributed by atoms with E-state index >= 15 is 0 Å². The van der Waals surface area contributed by atoms with Gasteiger partial charge < -0.3 is 14.5 Å². The summed E-state index contributed by atoms with van der Waals surface area (Å²) >= 11 is 7.33. The Morgan fingerprint density at radius 2 is 1.83 bits per heavy atom. The lowest BCUT2D eigenvalue weighted by Crippen LogP contribution is -2.42. The molecule has 2 aromatic heterocycles. The first kappa shape index (κ1) is 28.8. The van der Waals surface area contributed by atoms with E-state index in [-0.39, 0.29) is 36.5 Å². The number of carbonyl (C=O) groups excluding carboxylic acids is 3. The van der Waals surface area contributed by atoms with Crippen LogP contribution in [0.15, 0.2) is 41.8 Å². The molecule has 2 heterocycles. The number of ketones is 1. The molecule has 0 atom stereocenters. The highest BCUT2D eigenvalue weighted by Gasteiger charge is 2.32. The number of nitrogens with zero attached hydrogens (tertiary/aromatic N) is 2. The van der Waals surface area contributed by atoms with E-state index in [1.165, 1.54) is 18.4 Å². The Bertz CT molecular complexity index is 1590. The van der Waals surface area contributed by atoms with Crippen LogP contribution in [0.4, 0.5) is 5.13 Å². The van der Waals surface area contributed by atoms with Crippen LogP contribution in [-0.4, -0.2) is 47.4 Å². The van der Waals surface area contributed by atoms with Gasteiger partial charge in [-0.05, 0) is 68.7 Å². The average molecular weight is 594 g/mol. The fourth-order valence-corrected chi connectivity index (χ4v) is 6.55. The number of amides is 1. The van der Waals surface area contributed by atoms with Crippen molar-refractivity contribution in [2.45, 2.75) is 58.4 Å². The van der Waals surface area contributed by atoms with Crippen LogP contribution in [0.25, 0.3) is 10.9 Å². The van der Waals surface area contributed by atoms with Crippen molar-refractivity contribution in [3.05, 3.63) is 74.9 Å². The van der Waals surface area contributed by atoms with E-state index in [1.54, 1.807) is 47.5 Å². The number of ether oxygens (including phenoxy) is 2. The summed E-state index contributed by atoms with van der Waals surface area (Å²) < 4.78 is 10.8. The van der Waals surface area contributed by atoms with E-state index in [4.69, 9.17) is 21.1 Å². The van der Waals surface area contributed by atoms with Gasteiger partial charge in [0.15, 0.2) is 16.6 Å². The quantitative estimate of drug-likeness (QED) is 0.167. The van der Waals surface area contributed by atoms with Crippen LogP contribution < -0.4 is 9.64 Å². The van der Waals surface area contributed by atoms with Gasteiger partial charge in [-0.3, -0.25) is 14.5 Å². The van der Waals surface area contributed by atoms with Crippen molar-refractivity contribution in [2.24, 2.45) is 0 Å². The van der Waals surface area contributed by atoms with Gasteiger partial charge in [0.2, 0.25) is 5.91 Å². The number of methoxy groups -OCH3 is 1. The highest BCUT2D eigenvalue weighted by molar-refractivity contribution is 7.14. The fraction of sp³-hybridized carbons (Fsp3) is 0.355. The van der Waals surface area contributed by atoms with Crippen LogP contribution in [0.2, 0.25) is 5.02 Å². The fourth-order valence-electron chi connectivity index (χ4n) is 5.54. The number of thiazole rings is 1. The van der Waals surface area contributed by atoms with E-state index in [9.17, 15) is 14.4 Å². The molecule has 0 bridgehead atoms. The van der Waals surface area contributed by atoms with E-state index in [0.717, 1.165) is 48.9 Å². The van der Waals surface area contributed by atoms with Crippen LogP contribution in [0, 0.1) is 6.92 Å². The Hall–Kier alpha value is -3.69. The molecule has 41 heavy (non-hydrogen) atoms. The maximum atomic E-state index is 14.2. The monoisotopic (exact) mass is 593 g/mol. The van der Waals surface area contributed by atoms with Gasteiger partial charge in [0.05, 0.1) is 25.7 Å². The number of fused-ring (bicyclic) bond motifs is 1. The van der Waals surface area contributed by atoms with Gasteiger partial charge in [-0.2, -0.15) is 0 Å².